The molecule has 1 N–H and O–H groups in total. The number of methoxy groups -OCH3 is 3. The summed E-state index contributed by atoms with van der Waals surface area (Å²) in [4.78, 5) is 24.6. The van der Waals surface area contributed by atoms with Crippen LogP contribution in [0.5, 0.6) is 17.2 Å². The Morgan fingerprint density at radius 2 is 1.74 bits per heavy atom. The van der Waals surface area contributed by atoms with Gasteiger partial charge >= 0.3 is 5.97 Å². The Morgan fingerprint density at radius 1 is 1.04 bits per heavy atom. The lowest BCUT2D eigenvalue weighted by Gasteiger charge is -2.34. The van der Waals surface area contributed by atoms with Crippen LogP contribution in [0.2, 0.25) is 0 Å². The van der Waals surface area contributed by atoms with Crippen molar-refractivity contribution in [1.82, 2.24) is 5.32 Å². The second kappa shape index (κ2) is 9.48. The van der Waals surface area contributed by atoms with Crippen LogP contribution in [0, 0.1) is 11.8 Å². The summed E-state index contributed by atoms with van der Waals surface area (Å²) in [7, 11) is 4.37. The molecule has 0 heterocycles. The Kier molecular flexibility index (Phi) is 7.33. The minimum atomic E-state index is -0.659. The summed E-state index contributed by atoms with van der Waals surface area (Å²) in [5.74, 6) is 0.957. The predicted molar refractivity (Wildman–Crippen MR) is 100 cm³/mol. The van der Waals surface area contributed by atoms with Crippen molar-refractivity contribution in [2.24, 2.45) is 11.8 Å². The molecule has 1 amide bonds. The van der Waals surface area contributed by atoms with Gasteiger partial charge in [0.2, 0.25) is 5.75 Å². The molecule has 1 aliphatic rings. The lowest BCUT2D eigenvalue weighted by molar-refractivity contribution is -0.125. The number of hydrogen-bond acceptors (Lipinski definition) is 6. The van der Waals surface area contributed by atoms with Gasteiger partial charge in [0, 0.05) is 6.04 Å². The van der Waals surface area contributed by atoms with Crippen molar-refractivity contribution in [3.05, 3.63) is 17.7 Å². The van der Waals surface area contributed by atoms with Crippen LogP contribution in [0.15, 0.2) is 12.1 Å². The fourth-order valence-electron chi connectivity index (χ4n) is 3.51. The molecule has 27 heavy (non-hydrogen) atoms. The zero-order valence-corrected chi connectivity index (χ0v) is 16.7. The summed E-state index contributed by atoms with van der Waals surface area (Å²) in [5.41, 5.74) is 0.169. The van der Waals surface area contributed by atoms with Crippen molar-refractivity contribution in [1.29, 1.82) is 0 Å². The third kappa shape index (κ3) is 4.84. The fraction of sp³-hybridized carbons (Fsp3) is 0.600. The van der Waals surface area contributed by atoms with E-state index in [0.717, 1.165) is 12.8 Å². The van der Waals surface area contributed by atoms with Gasteiger partial charge in [0.05, 0.1) is 21.3 Å². The average molecular weight is 379 g/mol. The molecular formula is C20H29NO6. The van der Waals surface area contributed by atoms with Crippen LogP contribution in [-0.4, -0.2) is 45.9 Å². The molecule has 0 radical (unpaired) electrons. The zero-order chi connectivity index (χ0) is 20.0. The molecule has 150 valence electrons. The Bertz CT molecular complexity index is 675. The molecule has 0 unspecified atom stereocenters. The zero-order valence-electron chi connectivity index (χ0n) is 16.7. The second-order valence-corrected chi connectivity index (χ2v) is 6.90. The summed E-state index contributed by atoms with van der Waals surface area (Å²) in [6.45, 7) is 4.01. The summed E-state index contributed by atoms with van der Waals surface area (Å²) in [6.07, 6.45) is 3.23. The topological polar surface area (TPSA) is 83.1 Å². The number of hydrogen-bond donors (Lipinski definition) is 1. The summed E-state index contributed by atoms with van der Waals surface area (Å²) < 4.78 is 20.9. The van der Waals surface area contributed by atoms with Gasteiger partial charge in [0.25, 0.3) is 5.91 Å². The monoisotopic (exact) mass is 379 g/mol. The van der Waals surface area contributed by atoms with Crippen LogP contribution in [-0.2, 0) is 9.53 Å². The number of amides is 1. The highest BCUT2D eigenvalue weighted by molar-refractivity contribution is 5.95. The van der Waals surface area contributed by atoms with Crippen LogP contribution >= 0.6 is 0 Å². The van der Waals surface area contributed by atoms with Crippen LogP contribution < -0.4 is 19.5 Å². The molecule has 0 spiro atoms. The number of ether oxygens (including phenoxy) is 4. The van der Waals surface area contributed by atoms with E-state index >= 15 is 0 Å². The maximum absolute atomic E-state index is 12.4. The smallest absolute Gasteiger partial charge is 0.342 e. The van der Waals surface area contributed by atoms with E-state index in [0.29, 0.717) is 23.3 Å². The highest BCUT2D eigenvalue weighted by atomic mass is 16.5. The Morgan fingerprint density at radius 3 is 2.37 bits per heavy atom. The number of esters is 1. The number of carbonyl (C=O) groups excluding carboxylic acids is 2. The largest absolute Gasteiger partial charge is 0.493 e. The van der Waals surface area contributed by atoms with E-state index in [1.54, 1.807) is 6.07 Å². The van der Waals surface area contributed by atoms with E-state index in [9.17, 15) is 9.59 Å². The van der Waals surface area contributed by atoms with Crippen LogP contribution in [0.4, 0.5) is 0 Å². The molecule has 1 fully saturated rings. The molecule has 2 rings (SSSR count). The molecular weight excluding hydrogens is 350 g/mol. The van der Waals surface area contributed by atoms with Gasteiger partial charge in [0.15, 0.2) is 18.1 Å². The fourth-order valence-corrected chi connectivity index (χ4v) is 3.51. The molecule has 1 aliphatic carbocycles. The van der Waals surface area contributed by atoms with Crippen molar-refractivity contribution in [2.45, 2.75) is 39.2 Å². The second-order valence-electron chi connectivity index (χ2n) is 6.90. The molecule has 0 aliphatic heterocycles. The van der Waals surface area contributed by atoms with E-state index in [1.165, 1.54) is 33.8 Å². The summed E-state index contributed by atoms with van der Waals surface area (Å²) in [6, 6.07) is 3.23. The van der Waals surface area contributed by atoms with Crippen LogP contribution in [0.3, 0.4) is 0 Å². The van der Waals surface area contributed by atoms with Crippen molar-refractivity contribution in [2.75, 3.05) is 27.9 Å². The Labute approximate surface area is 160 Å². The molecule has 1 saturated carbocycles. The van der Waals surface area contributed by atoms with E-state index < -0.39 is 5.97 Å². The molecule has 1 aromatic rings. The van der Waals surface area contributed by atoms with E-state index in [1.807, 2.05) is 0 Å². The van der Waals surface area contributed by atoms with Gasteiger partial charge in [0.1, 0.15) is 5.56 Å². The first-order valence-electron chi connectivity index (χ1n) is 9.18. The van der Waals surface area contributed by atoms with Crippen LogP contribution in [0.1, 0.15) is 43.5 Å². The van der Waals surface area contributed by atoms with Gasteiger partial charge in [-0.3, -0.25) is 4.79 Å². The van der Waals surface area contributed by atoms with Gasteiger partial charge in [-0.15, -0.1) is 0 Å². The lowest BCUT2D eigenvalue weighted by atomic mass is 9.78. The highest BCUT2D eigenvalue weighted by Crippen LogP contribution is 2.40. The lowest BCUT2D eigenvalue weighted by Crippen LogP contribution is -2.45. The molecule has 0 aromatic heterocycles. The standard InChI is InChI=1S/C20H29NO6/c1-12-7-6-8-15(13(12)2)21-17(22)11-27-20(23)14-9-10-16(24-3)19(26-5)18(14)25-4/h9-10,12-13,15H,6-8,11H2,1-5H3,(H,21,22)/t12-,13+,15-/m1/s1. The minimum Gasteiger partial charge on any atom is -0.493 e. The maximum atomic E-state index is 12.4. The quantitative estimate of drug-likeness (QED) is 0.734. The number of benzene rings is 1. The van der Waals surface area contributed by atoms with Crippen molar-refractivity contribution in [3.63, 3.8) is 0 Å². The summed E-state index contributed by atoms with van der Waals surface area (Å²) >= 11 is 0. The molecule has 7 heteroatoms. The normalized spacial score (nSPS) is 21.9. The Balaban J connectivity index is 2.00. The van der Waals surface area contributed by atoms with Gasteiger partial charge < -0.3 is 24.3 Å². The van der Waals surface area contributed by atoms with E-state index in [2.05, 4.69) is 19.2 Å². The first kappa shape index (κ1) is 20.9. The number of rotatable bonds is 7. The van der Waals surface area contributed by atoms with Gasteiger partial charge in [-0.05, 0) is 30.4 Å². The molecule has 0 saturated heterocycles. The summed E-state index contributed by atoms with van der Waals surface area (Å²) in [5, 5.41) is 2.98. The average Bonchev–Trinajstić information content (AvgIpc) is 2.68. The van der Waals surface area contributed by atoms with Gasteiger partial charge in [-0.2, -0.15) is 0 Å². The molecule has 3 atom stereocenters. The number of nitrogens with one attached hydrogen (secondary N) is 1. The third-order valence-corrected chi connectivity index (χ3v) is 5.31. The van der Waals surface area contributed by atoms with Crippen molar-refractivity contribution < 1.29 is 28.5 Å². The first-order valence-corrected chi connectivity index (χ1v) is 9.18. The molecule has 0 bridgehead atoms. The van der Waals surface area contributed by atoms with E-state index in [4.69, 9.17) is 18.9 Å². The predicted octanol–water partition coefficient (Wildman–Crippen LogP) is 2.81. The first-order chi connectivity index (χ1) is 12.9. The number of carbonyl (C=O) groups is 2. The van der Waals surface area contributed by atoms with Gasteiger partial charge in [-0.1, -0.05) is 26.7 Å². The highest BCUT2D eigenvalue weighted by Gasteiger charge is 2.28. The van der Waals surface area contributed by atoms with Crippen molar-refractivity contribution in [3.8, 4) is 17.2 Å². The minimum absolute atomic E-state index is 0.121. The van der Waals surface area contributed by atoms with Gasteiger partial charge in [-0.25, -0.2) is 4.79 Å². The van der Waals surface area contributed by atoms with Crippen molar-refractivity contribution >= 4 is 11.9 Å². The van der Waals surface area contributed by atoms with Crippen LogP contribution in [0.25, 0.3) is 0 Å². The maximum Gasteiger partial charge on any atom is 0.342 e. The van der Waals surface area contributed by atoms with E-state index in [-0.39, 0.29) is 29.9 Å². The molecule has 1 aromatic carbocycles. The Hall–Kier alpha value is -2.44. The SMILES string of the molecule is COc1ccc(C(=O)OCC(=O)N[C@@H]2CCC[C@@H](C)[C@@H]2C)c(OC)c1OC. The third-order valence-electron chi connectivity index (χ3n) is 5.31. The molecule has 7 nitrogen and oxygen atoms in total.